The fraction of sp³-hybridized carbons (Fsp3) is 0.261. The first kappa shape index (κ1) is 20.5. The molecule has 1 aliphatic rings. The SMILES string of the molecule is CCOc1ccc(NC(=O)N2CCCn3cccc3C2c2ccccc2[N+](=O)[O-])cc1. The van der Waals surface area contributed by atoms with E-state index in [0.29, 0.717) is 24.4 Å². The first-order valence-electron chi connectivity index (χ1n) is 10.3. The maximum absolute atomic E-state index is 13.3. The number of aromatic nitrogens is 1. The number of fused-ring (bicyclic) bond motifs is 1. The van der Waals surface area contributed by atoms with Gasteiger partial charge in [-0.25, -0.2) is 4.79 Å². The molecule has 2 heterocycles. The Labute approximate surface area is 180 Å². The Morgan fingerprint density at radius 3 is 2.65 bits per heavy atom. The van der Waals surface area contributed by atoms with E-state index < -0.39 is 11.0 Å². The summed E-state index contributed by atoms with van der Waals surface area (Å²) >= 11 is 0. The van der Waals surface area contributed by atoms with Gasteiger partial charge in [0.05, 0.1) is 17.1 Å². The van der Waals surface area contributed by atoms with Crippen LogP contribution in [0.25, 0.3) is 0 Å². The normalized spacial score (nSPS) is 15.6. The van der Waals surface area contributed by atoms with Crippen LogP contribution in [0.5, 0.6) is 5.75 Å². The maximum atomic E-state index is 13.3. The standard InChI is InChI=1S/C23H24N4O4/c1-2-31-18-12-10-17(11-13-18)24-23(28)26-16-6-15-25-14-5-9-21(25)22(26)19-7-3-4-8-20(19)27(29)30/h3-5,7-14,22H,2,6,15-16H2,1H3,(H,24,28). The summed E-state index contributed by atoms with van der Waals surface area (Å²) in [5.74, 6) is 0.728. The number of anilines is 1. The van der Waals surface area contributed by atoms with Crippen molar-refractivity contribution in [1.82, 2.24) is 9.47 Å². The Hall–Kier alpha value is -3.81. The van der Waals surface area contributed by atoms with Crippen LogP contribution in [0.1, 0.15) is 30.6 Å². The van der Waals surface area contributed by atoms with Gasteiger partial charge >= 0.3 is 6.03 Å². The topological polar surface area (TPSA) is 89.6 Å². The summed E-state index contributed by atoms with van der Waals surface area (Å²) in [5, 5.41) is 14.7. The number of hydrogen-bond acceptors (Lipinski definition) is 4. The lowest BCUT2D eigenvalue weighted by molar-refractivity contribution is -0.385. The zero-order valence-corrected chi connectivity index (χ0v) is 17.2. The first-order valence-corrected chi connectivity index (χ1v) is 10.3. The van der Waals surface area contributed by atoms with E-state index in [9.17, 15) is 14.9 Å². The van der Waals surface area contributed by atoms with Crippen LogP contribution >= 0.6 is 0 Å². The minimum Gasteiger partial charge on any atom is -0.494 e. The number of benzene rings is 2. The van der Waals surface area contributed by atoms with Gasteiger partial charge in [-0.15, -0.1) is 0 Å². The second kappa shape index (κ2) is 8.91. The molecule has 0 bridgehead atoms. The van der Waals surface area contributed by atoms with E-state index in [1.807, 2.05) is 25.3 Å². The minimum atomic E-state index is -0.568. The van der Waals surface area contributed by atoms with Crippen LogP contribution in [0.3, 0.4) is 0 Å². The van der Waals surface area contributed by atoms with E-state index in [1.54, 1.807) is 47.4 Å². The lowest BCUT2D eigenvalue weighted by atomic mass is 10.00. The van der Waals surface area contributed by atoms with Gasteiger partial charge in [0.25, 0.3) is 5.69 Å². The average Bonchev–Trinajstić information content (AvgIpc) is 3.15. The highest BCUT2D eigenvalue weighted by Crippen LogP contribution is 2.37. The number of aryl methyl sites for hydroxylation is 1. The van der Waals surface area contributed by atoms with Gasteiger partial charge < -0.3 is 19.5 Å². The summed E-state index contributed by atoms with van der Waals surface area (Å²) in [6.45, 7) is 3.69. The molecular formula is C23H24N4O4. The lowest BCUT2D eigenvalue weighted by Crippen LogP contribution is -2.39. The van der Waals surface area contributed by atoms with Crippen LogP contribution in [0, 0.1) is 10.1 Å². The average molecular weight is 420 g/mol. The van der Waals surface area contributed by atoms with E-state index in [-0.39, 0.29) is 11.7 Å². The number of carbonyl (C=O) groups excluding carboxylic acids is 1. The molecule has 8 nitrogen and oxygen atoms in total. The first-order chi connectivity index (χ1) is 15.1. The van der Waals surface area contributed by atoms with Crippen molar-refractivity contribution in [2.75, 3.05) is 18.5 Å². The number of ether oxygens (including phenoxy) is 1. The second-order valence-electron chi connectivity index (χ2n) is 7.28. The monoisotopic (exact) mass is 420 g/mol. The van der Waals surface area contributed by atoms with Gasteiger partial charge in [-0.05, 0) is 55.8 Å². The Kier molecular flexibility index (Phi) is 5.88. The van der Waals surface area contributed by atoms with Gasteiger partial charge in [0, 0.05) is 36.7 Å². The van der Waals surface area contributed by atoms with Crippen LogP contribution in [-0.2, 0) is 6.54 Å². The quantitative estimate of drug-likeness (QED) is 0.473. The summed E-state index contributed by atoms with van der Waals surface area (Å²) < 4.78 is 7.51. The number of nitro groups is 1. The number of para-hydroxylation sites is 1. The van der Waals surface area contributed by atoms with Crippen LogP contribution in [0.15, 0.2) is 66.9 Å². The molecule has 4 rings (SSSR count). The van der Waals surface area contributed by atoms with Crippen molar-refractivity contribution in [3.8, 4) is 5.75 Å². The van der Waals surface area contributed by atoms with Crippen molar-refractivity contribution in [1.29, 1.82) is 0 Å². The molecular weight excluding hydrogens is 396 g/mol. The molecule has 1 aliphatic heterocycles. The molecule has 160 valence electrons. The van der Waals surface area contributed by atoms with E-state index in [4.69, 9.17) is 4.74 Å². The molecule has 31 heavy (non-hydrogen) atoms. The third kappa shape index (κ3) is 4.23. The molecule has 2 amide bonds. The fourth-order valence-corrected chi connectivity index (χ4v) is 4.01. The zero-order valence-electron chi connectivity index (χ0n) is 17.2. The number of hydrogen-bond donors (Lipinski definition) is 1. The molecule has 0 radical (unpaired) electrons. The number of nitro benzene ring substituents is 1. The third-order valence-corrected chi connectivity index (χ3v) is 5.36. The summed E-state index contributed by atoms with van der Waals surface area (Å²) in [7, 11) is 0. The van der Waals surface area contributed by atoms with E-state index in [1.165, 1.54) is 6.07 Å². The van der Waals surface area contributed by atoms with Crippen molar-refractivity contribution in [3.05, 3.63) is 88.2 Å². The molecule has 1 unspecified atom stereocenters. The second-order valence-corrected chi connectivity index (χ2v) is 7.28. The largest absolute Gasteiger partial charge is 0.494 e. The molecule has 0 saturated heterocycles. The number of amides is 2. The molecule has 0 spiro atoms. The van der Waals surface area contributed by atoms with Crippen LogP contribution in [-0.4, -0.2) is 33.6 Å². The number of nitrogens with zero attached hydrogens (tertiary/aromatic N) is 3. The van der Waals surface area contributed by atoms with Crippen LogP contribution in [0.2, 0.25) is 0 Å². The Morgan fingerprint density at radius 1 is 1.13 bits per heavy atom. The molecule has 0 fully saturated rings. The smallest absolute Gasteiger partial charge is 0.322 e. The maximum Gasteiger partial charge on any atom is 0.322 e. The predicted octanol–water partition coefficient (Wildman–Crippen LogP) is 4.82. The molecule has 1 atom stereocenters. The minimum absolute atomic E-state index is 0.000942. The van der Waals surface area contributed by atoms with E-state index in [2.05, 4.69) is 9.88 Å². The molecule has 3 aromatic rings. The fourth-order valence-electron chi connectivity index (χ4n) is 4.01. The molecule has 0 saturated carbocycles. The zero-order chi connectivity index (χ0) is 21.8. The highest BCUT2D eigenvalue weighted by Gasteiger charge is 2.34. The molecule has 2 aromatic carbocycles. The highest BCUT2D eigenvalue weighted by molar-refractivity contribution is 5.90. The van der Waals surface area contributed by atoms with Crippen molar-refractivity contribution in [2.45, 2.75) is 25.9 Å². The van der Waals surface area contributed by atoms with Gasteiger partial charge in [0.15, 0.2) is 0 Å². The van der Waals surface area contributed by atoms with Gasteiger partial charge in [-0.2, -0.15) is 0 Å². The van der Waals surface area contributed by atoms with E-state index >= 15 is 0 Å². The molecule has 1 N–H and O–H groups in total. The number of carbonyl (C=O) groups is 1. The van der Waals surface area contributed by atoms with Crippen LogP contribution in [0.4, 0.5) is 16.2 Å². The summed E-state index contributed by atoms with van der Waals surface area (Å²) in [6.07, 6.45) is 2.69. The van der Waals surface area contributed by atoms with Crippen molar-refractivity contribution in [2.24, 2.45) is 0 Å². The van der Waals surface area contributed by atoms with Crippen molar-refractivity contribution < 1.29 is 14.5 Å². The molecule has 0 aliphatic carbocycles. The predicted molar refractivity (Wildman–Crippen MR) is 117 cm³/mol. The van der Waals surface area contributed by atoms with Crippen molar-refractivity contribution in [3.63, 3.8) is 0 Å². The Morgan fingerprint density at radius 2 is 1.90 bits per heavy atom. The lowest BCUT2D eigenvalue weighted by Gasteiger charge is -2.30. The number of nitrogens with one attached hydrogen (secondary N) is 1. The third-order valence-electron chi connectivity index (χ3n) is 5.36. The Balaban J connectivity index is 1.69. The summed E-state index contributed by atoms with van der Waals surface area (Å²) in [5.41, 5.74) is 1.99. The molecule has 1 aromatic heterocycles. The number of rotatable bonds is 5. The van der Waals surface area contributed by atoms with Crippen LogP contribution < -0.4 is 10.1 Å². The summed E-state index contributed by atoms with van der Waals surface area (Å²) in [6, 6.07) is 16.7. The van der Waals surface area contributed by atoms with E-state index in [0.717, 1.165) is 24.4 Å². The summed E-state index contributed by atoms with van der Waals surface area (Å²) in [4.78, 5) is 26.3. The number of urea groups is 1. The highest BCUT2D eigenvalue weighted by atomic mass is 16.6. The van der Waals surface area contributed by atoms with Gasteiger partial charge in [0.2, 0.25) is 0 Å². The van der Waals surface area contributed by atoms with Gasteiger partial charge in [0.1, 0.15) is 11.8 Å². The molecule has 8 heteroatoms. The van der Waals surface area contributed by atoms with Gasteiger partial charge in [-0.3, -0.25) is 10.1 Å². The van der Waals surface area contributed by atoms with Gasteiger partial charge in [-0.1, -0.05) is 12.1 Å². The Bertz CT molecular complexity index is 1080. The van der Waals surface area contributed by atoms with Crippen molar-refractivity contribution >= 4 is 17.4 Å².